The molecule has 4 rings (SSSR count). The molecule has 27 heavy (non-hydrogen) atoms. The Balaban J connectivity index is 1.61. The van der Waals surface area contributed by atoms with E-state index in [9.17, 15) is 9.59 Å². The molecule has 2 saturated heterocycles. The molecule has 0 spiro atoms. The number of hydrogen-bond donors (Lipinski definition) is 0. The van der Waals surface area contributed by atoms with Crippen molar-refractivity contribution in [2.24, 2.45) is 5.92 Å². The van der Waals surface area contributed by atoms with Crippen LogP contribution in [0, 0.1) is 5.92 Å². The third kappa shape index (κ3) is 3.61. The topological polar surface area (TPSA) is 61.7 Å². The highest BCUT2D eigenvalue weighted by molar-refractivity contribution is 5.97. The Hall–Kier alpha value is -1.89. The molecule has 1 aromatic rings. The van der Waals surface area contributed by atoms with E-state index in [-0.39, 0.29) is 11.8 Å². The normalized spacial score (nSPS) is 24.0. The van der Waals surface area contributed by atoms with Gasteiger partial charge in [-0.3, -0.25) is 9.59 Å². The Morgan fingerprint density at radius 2 is 1.70 bits per heavy atom. The Kier molecular flexibility index (Phi) is 5.21. The number of carbonyl (C=O) groups excluding carboxylic acids is 2. The molecule has 148 valence electrons. The fourth-order valence-corrected chi connectivity index (χ4v) is 4.55. The van der Waals surface area contributed by atoms with Crippen LogP contribution in [0.3, 0.4) is 0 Å². The molecular weight excluding hydrogens is 342 g/mol. The number of carbonyl (C=O) groups is 2. The summed E-state index contributed by atoms with van der Waals surface area (Å²) >= 11 is 0. The van der Waals surface area contributed by atoms with Gasteiger partial charge in [0.1, 0.15) is 5.69 Å². The van der Waals surface area contributed by atoms with Gasteiger partial charge in [0.25, 0.3) is 11.8 Å². The van der Waals surface area contributed by atoms with E-state index in [0.29, 0.717) is 17.4 Å². The standard InChI is InChI=1S/C20H31N5O2/c1-15-6-5-8-24(14-15)19(26)17-16-7-3-4-9-25(16)18(21-17)20(27)23-12-10-22(2)11-13-23/h15H,3-14H2,1-2H3. The minimum Gasteiger partial charge on any atom is -0.337 e. The minimum atomic E-state index is -0.0164. The van der Waals surface area contributed by atoms with Gasteiger partial charge in [-0.25, -0.2) is 4.98 Å². The fraction of sp³-hybridized carbons (Fsp3) is 0.750. The molecule has 0 radical (unpaired) electrons. The Morgan fingerprint density at radius 1 is 0.926 bits per heavy atom. The van der Waals surface area contributed by atoms with Crippen molar-refractivity contribution in [2.75, 3.05) is 46.3 Å². The first-order valence-corrected chi connectivity index (χ1v) is 10.4. The highest BCUT2D eigenvalue weighted by atomic mass is 16.2. The summed E-state index contributed by atoms with van der Waals surface area (Å²) in [6.45, 7) is 7.82. The third-order valence-electron chi connectivity index (χ3n) is 6.25. The van der Waals surface area contributed by atoms with Gasteiger partial charge in [-0.1, -0.05) is 6.92 Å². The van der Waals surface area contributed by atoms with Crippen molar-refractivity contribution < 1.29 is 9.59 Å². The maximum atomic E-state index is 13.2. The van der Waals surface area contributed by atoms with Gasteiger partial charge >= 0.3 is 0 Å². The van der Waals surface area contributed by atoms with E-state index in [2.05, 4.69) is 23.9 Å². The summed E-state index contributed by atoms with van der Waals surface area (Å²) < 4.78 is 2.03. The molecule has 0 bridgehead atoms. The second-order valence-electron chi connectivity index (χ2n) is 8.43. The molecular formula is C20H31N5O2. The quantitative estimate of drug-likeness (QED) is 0.788. The van der Waals surface area contributed by atoms with E-state index in [1.165, 1.54) is 6.42 Å². The van der Waals surface area contributed by atoms with E-state index < -0.39 is 0 Å². The van der Waals surface area contributed by atoms with Crippen LogP contribution < -0.4 is 0 Å². The van der Waals surface area contributed by atoms with Crippen LogP contribution in [0.2, 0.25) is 0 Å². The molecule has 2 amide bonds. The number of piperidine rings is 1. The SMILES string of the molecule is CC1CCCN(C(=O)c2nc(C(=O)N3CCN(C)CC3)n3c2CCCC3)C1. The lowest BCUT2D eigenvalue weighted by Gasteiger charge is -2.32. The van der Waals surface area contributed by atoms with E-state index >= 15 is 0 Å². The van der Waals surface area contributed by atoms with Crippen LogP contribution in [0.1, 0.15) is 59.4 Å². The number of aromatic nitrogens is 2. The van der Waals surface area contributed by atoms with E-state index in [1.54, 1.807) is 0 Å². The van der Waals surface area contributed by atoms with E-state index in [4.69, 9.17) is 0 Å². The monoisotopic (exact) mass is 373 g/mol. The summed E-state index contributed by atoms with van der Waals surface area (Å²) in [6.07, 6.45) is 5.17. The first kappa shape index (κ1) is 18.5. The van der Waals surface area contributed by atoms with Crippen molar-refractivity contribution in [3.8, 4) is 0 Å². The summed E-state index contributed by atoms with van der Waals surface area (Å²) in [6, 6.07) is 0. The lowest BCUT2D eigenvalue weighted by atomic mass is 9.99. The minimum absolute atomic E-state index is 0.0164. The maximum Gasteiger partial charge on any atom is 0.289 e. The Bertz CT molecular complexity index is 720. The second kappa shape index (κ2) is 7.62. The summed E-state index contributed by atoms with van der Waals surface area (Å²) in [5.41, 5.74) is 1.50. The zero-order chi connectivity index (χ0) is 19.0. The van der Waals surface area contributed by atoms with Gasteiger partial charge in [0.15, 0.2) is 5.82 Å². The van der Waals surface area contributed by atoms with Crippen molar-refractivity contribution in [1.29, 1.82) is 0 Å². The van der Waals surface area contributed by atoms with Crippen LogP contribution in [0.25, 0.3) is 0 Å². The predicted molar refractivity (Wildman–Crippen MR) is 103 cm³/mol. The average Bonchev–Trinajstić information content (AvgIpc) is 3.07. The molecule has 3 aliphatic heterocycles. The van der Waals surface area contributed by atoms with Crippen LogP contribution in [0.5, 0.6) is 0 Å². The molecule has 7 nitrogen and oxygen atoms in total. The number of likely N-dealkylation sites (tertiary alicyclic amines) is 1. The molecule has 7 heteroatoms. The van der Waals surface area contributed by atoms with Gasteiger partial charge in [-0.05, 0) is 45.1 Å². The van der Waals surface area contributed by atoms with Crippen molar-refractivity contribution in [1.82, 2.24) is 24.3 Å². The number of rotatable bonds is 2. The van der Waals surface area contributed by atoms with Crippen LogP contribution >= 0.6 is 0 Å². The van der Waals surface area contributed by atoms with Gasteiger partial charge in [-0.15, -0.1) is 0 Å². The summed E-state index contributed by atoms with van der Waals surface area (Å²) in [5, 5.41) is 0. The van der Waals surface area contributed by atoms with Crippen LogP contribution in [-0.2, 0) is 13.0 Å². The number of amides is 2. The molecule has 1 atom stereocenters. The second-order valence-corrected chi connectivity index (χ2v) is 8.43. The smallest absolute Gasteiger partial charge is 0.289 e. The van der Waals surface area contributed by atoms with Gasteiger partial charge in [0.2, 0.25) is 0 Å². The lowest BCUT2D eigenvalue weighted by Crippen LogP contribution is -2.47. The fourth-order valence-electron chi connectivity index (χ4n) is 4.55. The number of imidazole rings is 1. The molecule has 1 aromatic heterocycles. The first-order valence-electron chi connectivity index (χ1n) is 10.4. The molecule has 0 aromatic carbocycles. The molecule has 0 aliphatic carbocycles. The number of fused-ring (bicyclic) bond motifs is 1. The van der Waals surface area contributed by atoms with Crippen molar-refractivity contribution in [3.05, 3.63) is 17.2 Å². The molecule has 1 unspecified atom stereocenters. The zero-order valence-electron chi connectivity index (χ0n) is 16.6. The van der Waals surface area contributed by atoms with Crippen molar-refractivity contribution >= 4 is 11.8 Å². The largest absolute Gasteiger partial charge is 0.337 e. The van der Waals surface area contributed by atoms with Crippen LogP contribution in [0.15, 0.2) is 0 Å². The summed E-state index contributed by atoms with van der Waals surface area (Å²) in [7, 11) is 2.08. The predicted octanol–water partition coefficient (Wildman–Crippen LogP) is 1.48. The van der Waals surface area contributed by atoms with Gasteiger partial charge in [0.05, 0.1) is 5.69 Å². The number of piperazine rings is 1. The van der Waals surface area contributed by atoms with Crippen molar-refractivity contribution in [3.63, 3.8) is 0 Å². The van der Waals surface area contributed by atoms with Crippen LogP contribution in [-0.4, -0.2) is 82.4 Å². The zero-order valence-corrected chi connectivity index (χ0v) is 16.6. The Morgan fingerprint density at radius 3 is 2.44 bits per heavy atom. The molecule has 0 saturated carbocycles. The van der Waals surface area contributed by atoms with Gasteiger partial charge in [-0.2, -0.15) is 0 Å². The number of hydrogen-bond acceptors (Lipinski definition) is 4. The van der Waals surface area contributed by atoms with Crippen LogP contribution in [0.4, 0.5) is 0 Å². The summed E-state index contributed by atoms with van der Waals surface area (Å²) in [5.74, 6) is 1.01. The number of nitrogens with zero attached hydrogens (tertiary/aromatic N) is 5. The van der Waals surface area contributed by atoms with E-state index in [1.807, 2.05) is 14.4 Å². The maximum absolute atomic E-state index is 13.2. The number of likely N-dealkylation sites (N-methyl/N-ethyl adjacent to an activating group) is 1. The average molecular weight is 374 g/mol. The Labute approximate surface area is 161 Å². The lowest BCUT2D eigenvalue weighted by molar-refractivity contribution is 0.0645. The third-order valence-corrected chi connectivity index (χ3v) is 6.25. The molecule has 0 N–H and O–H groups in total. The van der Waals surface area contributed by atoms with Gasteiger partial charge < -0.3 is 19.3 Å². The summed E-state index contributed by atoms with van der Waals surface area (Å²) in [4.78, 5) is 37.1. The first-order chi connectivity index (χ1) is 13.0. The van der Waals surface area contributed by atoms with Gasteiger partial charge in [0, 0.05) is 45.8 Å². The molecule has 2 fully saturated rings. The molecule has 4 heterocycles. The highest BCUT2D eigenvalue weighted by Crippen LogP contribution is 2.25. The van der Waals surface area contributed by atoms with Crippen molar-refractivity contribution in [2.45, 2.75) is 45.6 Å². The highest BCUT2D eigenvalue weighted by Gasteiger charge is 2.33. The molecule has 3 aliphatic rings. The van der Waals surface area contributed by atoms with E-state index in [0.717, 1.165) is 77.2 Å².